The Kier molecular flexibility index (Phi) is 4.83. The highest BCUT2D eigenvalue weighted by Crippen LogP contribution is 2.44. The lowest BCUT2D eigenvalue weighted by molar-refractivity contribution is -0.124. The highest BCUT2D eigenvalue weighted by Gasteiger charge is 2.43. The molecular weight excluding hydrogens is 302 g/mol. The molecule has 2 atom stereocenters. The number of carbonyl (C=O) groups is 1. The monoisotopic (exact) mass is 331 g/mol. The molecule has 1 aromatic carbocycles. The van der Waals surface area contributed by atoms with Gasteiger partial charge >= 0.3 is 0 Å². The van der Waals surface area contributed by atoms with E-state index in [9.17, 15) is 4.79 Å². The van der Waals surface area contributed by atoms with E-state index in [1.807, 2.05) is 38.1 Å². The zero-order chi connectivity index (χ0) is 17.3. The Balaban J connectivity index is 1.83. The van der Waals surface area contributed by atoms with Crippen LogP contribution in [-0.2, 0) is 4.79 Å². The van der Waals surface area contributed by atoms with E-state index in [1.165, 1.54) is 0 Å². The third-order valence-electron chi connectivity index (χ3n) is 5.43. The number of nitrogens with zero attached hydrogens (tertiary/aromatic N) is 1. The van der Waals surface area contributed by atoms with Crippen LogP contribution in [0.2, 0.25) is 0 Å². The number of hydrogen-bond acceptors (Lipinski definition) is 4. The van der Waals surface area contributed by atoms with Crippen LogP contribution in [-0.4, -0.2) is 42.6 Å². The summed E-state index contributed by atoms with van der Waals surface area (Å²) in [4.78, 5) is 14.8. The number of hydrogen-bond donors (Lipinski definition) is 2. The molecule has 2 aliphatic heterocycles. The molecule has 0 bridgehead atoms. The van der Waals surface area contributed by atoms with E-state index in [-0.39, 0.29) is 23.5 Å². The van der Waals surface area contributed by atoms with E-state index in [0.717, 1.165) is 43.7 Å². The average molecular weight is 331 g/mol. The standard InChI is InChI=1S/C19H29N3O2/c1-13(2)17(20)18(23)21-15-12-19(8-10-22(3)11-9-19)24-16-7-5-4-6-14(15)16/h4-7,13,15,17H,8-12,20H2,1-3H3,(H,21,23)/t15?,17-/m0/s1. The Hall–Kier alpha value is -1.59. The van der Waals surface area contributed by atoms with E-state index in [4.69, 9.17) is 10.5 Å². The van der Waals surface area contributed by atoms with Crippen LogP contribution in [0, 0.1) is 5.92 Å². The lowest BCUT2D eigenvalue weighted by Crippen LogP contribution is -2.53. The molecule has 1 unspecified atom stereocenters. The number of nitrogens with one attached hydrogen (secondary N) is 1. The van der Waals surface area contributed by atoms with Gasteiger partial charge in [0.2, 0.25) is 5.91 Å². The molecule has 5 nitrogen and oxygen atoms in total. The Bertz CT molecular complexity index is 594. The van der Waals surface area contributed by atoms with Crippen LogP contribution in [0.1, 0.15) is 44.7 Å². The van der Waals surface area contributed by atoms with Crippen LogP contribution >= 0.6 is 0 Å². The summed E-state index contributed by atoms with van der Waals surface area (Å²) >= 11 is 0. The number of benzene rings is 1. The summed E-state index contributed by atoms with van der Waals surface area (Å²) in [5.74, 6) is 0.948. The van der Waals surface area contributed by atoms with E-state index in [2.05, 4.69) is 17.3 Å². The number of likely N-dealkylation sites (tertiary alicyclic amines) is 1. The smallest absolute Gasteiger partial charge is 0.237 e. The van der Waals surface area contributed by atoms with Gasteiger partial charge < -0.3 is 20.7 Å². The summed E-state index contributed by atoms with van der Waals surface area (Å²) in [6.07, 6.45) is 2.79. The molecule has 3 rings (SSSR count). The van der Waals surface area contributed by atoms with Crippen molar-refractivity contribution in [2.75, 3.05) is 20.1 Å². The van der Waals surface area contributed by atoms with E-state index >= 15 is 0 Å². The Morgan fingerprint density at radius 1 is 1.33 bits per heavy atom. The first kappa shape index (κ1) is 17.2. The van der Waals surface area contributed by atoms with Gasteiger partial charge in [-0.2, -0.15) is 0 Å². The molecule has 132 valence electrons. The van der Waals surface area contributed by atoms with Crippen LogP contribution in [0.4, 0.5) is 0 Å². The predicted octanol–water partition coefficient (Wildman–Crippen LogP) is 2.07. The lowest BCUT2D eigenvalue weighted by Gasteiger charge is -2.46. The predicted molar refractivity (Wildman–Crippen MR) is 94.8 cm³/mol. The minimum absolute atomic E-state index is 0.0318. The number of rotatable bonds is 3. The van der Waals surface area contributed by atoms with Crippen molar-refractivity contribution >= 4 is 5.91 Å². The summed E-state index contributed by atoms with van der Waals surface area (Å²) in [6, 6.07) is 7.53. The molecule has 1 fully saturated rings. The molecule has 3 N–H and O–H groups in total. The summed E-state index contributed by atoms with van der Waals surface area (Å²) in [5.41, 5.74) is 6.92. The summed E-state index contributed by atoms with van der Waals surface area (Å²) < 4.78 is 6.42. The Morgan fingerprint density at radius 2 is 2.00 bits per heavy atom. The Morgan fingerprint density at radius 3 is 2.67 bits per heavy atom. The SMILES string of the molecule is CC(C)[C@H](N)C(=O)NC1CC2(CCN(C)CC2)Oc2ccccc21. The first-order chi connectivity index (χ1) is 11.4. The van der Waals surface area contributed by atoms with Crippen LogP contribution in [0.3, 0.4) is 0 Å². The number of amides is 1. The molecule has 24 heavy (non-hydrogen) atoms. The molecule has 1 aromatic rings. The van der Waals surface area contributed by atoms with Crippen molar-refractivity contribution in [3.63, 3.8) is 0 Å². The first-order valence-corrected chi connectivity index (χ1v) is 8.93. The number of fused-ring (bicyclic) bond motifs is 1. The minimum Gasteiger partial charge on any atom is -0.487 e. The number of ether oxygens (including phenoxy) is 1. The maximum atomic E-state index is 12.5. The lowest BCUT2D eigenvalue weighted by atomic mass is 9.80. The van der Waals surface area contributed by atoms with Crippen LogP contribution in [0.25, 0.3) is 0 Å². The fraction of sp³-hybridized carbons (Fsp3) is 0.632. The molecule has 2 aliphatic rings. The van der Waals surface area contributed by atoms with Gasteiger partial charge in [0.1, 0.15) is 11.4 Å². The fourth-order valence-electron chi connectivity index (χ4n) is 3.65. The first-order valence-electron chi connectivity index (χ1n) is 8.93. The molecule has 0 radical (unpaired) electrons. The summed E-state index contributed by atoms with van der Waals surface area (Å²) in [6.45, 7) is 5.99. The van der Waals surface area contributed by atoms with Gasteiger partial charge in [-0.15, -0.1) is 0 Å². The highest BCUT2D eigenvalue weighted by atomic mass is 16.5. The fourth-order valence-corrected chi connectivity index (χ4v) is 3.65. The van der Waals surface area contributed by atoms with E-state index in [0.29, 0.717) is 0 Å². The quantitative estimate of drug-likeness (QED) is 0.890. The topological polar surface area (TPSA) is 67.6 Å². The van der Waals surface area contributed by atoms with Gasteiger partial charge in [-0.25, -0.2) is 0 Å². The van der Waals surface area contributed by atoms with E-state index in [1.54, 1.807) is 0 Å². The molecule has 2 heterocycles. The van der Waals surface area contributed by atoms with Gasteiger partial charge in [0.25, 0.3) is 0 Å². The van der Waals surface area contributed by atoms with Crippen molar-refractivity contribution in [1.82, 2.24) is 10.2 Å². The second-order valence-corrected chi connectivity index (χ2v) is 7.66. The second kappa shape index (κ2) is 6.73. The second-order valence-electron chi connectivity index (χ2n) is 7.66. The molecule has 0 aromatic heterocycles. The number of para-hydroxylation sites is 1. The normalized spacial score (nSPS) is 24.3. The Labute approximate surface area is 144 Å². The molecular formula is C19H29N3O2. The van der Waals surface area contributed by atoms with Crippen molar-refractivity contribution in [3.05, 3.63) is 29.8 Å². The number of piperidine rings is 1. The van der Waals surface area contributed by atoms with Crippen LogP contribution in [0.5, 0.6) is 5.75 Å². The molecule has 5 heteroatoms. The third kappa shape index (κ3) is 3.42. The van der Waals surface area contributed by atoms with Gasteiger partial charge in [-0.1, -0.05) is 32.0 Å². The molecule has 1 amide bonds. The van der Waals surface area contributed by atoms with Crippen molar-refractivity contribution in [2.24, 2.45) is 11.7 Å². The highest BCUT2D eigenvalue weighted by molar-refractivity contribution is 5.82. The minimum atomic E-state index is -0.478. The van der Waals surface area contributed by atoms with Gasteiger partial charge in [-0.05, 0) is 31.9 Å². The maximum Gasteiger partial charge on any atom is 0.237 e. The van der Waals surface area contributed by atoms with Crippen molar-refractivity contribution < 1.29 is 9.53 Å². The average Bonchev–Trinajstić information content (AvgIpc) is 2.57. The van der Waals surface area contributed by atoms with Gasteiger partial charge in [-0.3, -0.25) is 4.79 Å². The van der Waals surface area contributed by atoms with Crippen molar-refractivity contribution in [3.8, 4) is 5.75 Å². The van der Waals surface area contributed by atoms with Crippen molar-refractivity contribution in [2.45, 2.75) is 50.8 Å². The van der Waals surface area contributed by atoms with Crippen LogP contribution in [0.15, 0.2) is 24.3 Å². The maximum absolute atomic E-state index is 12.5. The molecule has 0 aliphatic carbocycles. The van der Waals surface area contributed by atoms with Gasteiger partial charge in [0.05, 0.1) is 12.1 Å². The zero-order valence-electron chi connectivity index (χ0n) is 14.9. The molecule has 1 saturated heterocycles. The third-order valence-corrected chi connectivity index (χ3v) is 5.43. The number of nitrogens with two attached hydrogens (primary N) is 1. The van der Waals surface area contributed by atoms with E-state index < -0.39 is 6.04 Å². The summed E-state index contributed by atoms with van der Waals surface area (Å²) in [7, 11) is 2.14. The van der Waals surface area contributed by atoms with Crippen LogP contribution < -0.4 is 15.8 Å². The molecule has 1 spiro atoms. The van der Waals surface area contributed by atoms with Gasteiger partial charge in [0, 0.05) is 25.1 Å². The molecule has 0 saturated carbocycles. The van der Waals surface area contributed by atoms with Crippen molar-refractivity contribution in [1.29, 1.82) is 0 Å². The number of carbonyl (C=O) groups excluding carboxylic acids is 1. The summed E-state index contributed by atoms with van der Waals surface area (Å²) in [5, 5.41) is 3.18. The zero-order valence-corrected chi connectivity index (χ0v) is 14.9. The largest absolute Gasteiger partial charge is 0.487 e. The van der Waals surface area contributed by atoms with Gasteiger partial charge in [0.15, 0.2) is 0 Å².